The van der Waals surface area contributed by atoms with Crippen molar-refractivity contribution in [2.75, 3.05) is 45.3 Å². The summed E-state index contributed by atoms with van der Waals surface area (Å²) in [5.74, 6) is 1.65. The van der Waals surface area contributed by atoms with E-state index in [1.165, 1.54) is 0 Å². The van der Waals surface area contributed by atoms with Gasteiger partial charge in [0.2, 0.25) is 5.91 Å². The summed E-state index contributed by atoms with van der Waals surface area (Å²) < 4.78 is 10.5. The number of carbonyl (C=O) groups is 1. The molecule has 0 bridgehead atoms. The summed E-state index contributed by atoms with van der Waals surface area (Å²) in [6.07, 6.45) is 3.44. The average molecular weight is 352 g/mol. The van der Waals surface area contributed by atoms with Crippen molar-refractivity contribution in [2.24, 2.45) is 0 Å². The van der Waals surface area contributed by atoms with Crippen LogP contribution in [0.5, 0.6) is 11.5 Å². The lowest BCUT2D eigenvalue weighted by atomic mass is 10.2. The molecule has 1 fully saturated rings. The Hall–Kier alpha value is -2.95. The van der Waals surface area contributed by atoms with Crippen LogP contribution in [-0.4, -0.2) is 51.2 Å². The minimum absolute atomic E-state index is 0.0327. The second kappa shape index (κ2) is 8.43. The number of rotatable bonds is 5. The first-order valence-electron chi connectivity index (χ1n) is 8.70. The molecular weight excluding hydrogens is 328 g/mol. The van der Waals surface area contributed by atoms with Crippen LogP contribution in [0.15, 0.2) is 54.6 Å². The van der Waals surface area contributed by atoms with Crippen molar-refractivity contribution >= 4 is 17.7 Å². The Morgan fingerprint density at radius 3 is 2.27 bits per heavy atom. The van der Waals surface area contributed by atoms with Gasteiger partial charge in [0.15, 0.2) is 0 Å². The maximum atomic E-state index is 12.5. The normalized spacial score (nSPS) is 14.5. The van der Waals surface area contributed by atoms with Crippen LogP contribution in [0, 0.1) is 0 Å². The quantitative estimate of drug-likeness (QED) is 0.776. The molecule has 0 saturated carbocycles. The molecule has 0 aromatic heterocycles. The van der Waals surface area contributed by atoms with E-state index in [9.17, 15) is 4.79 Å². The molecule has 26 heavy (non-hydrogen) atoms. The van der Waals surface area contributed by atoms with Gasteiger partial charge < -0.3 is 19.3 Å². The molecule has 0 spiro atoms. The first kappa shape index (κ1) is 17.9. The number of methoxy groups -OCH3 is 2. The van der Waals surface area contributed by atoms with Crippen LogP contribution in [0.25, 0.3) is 6.08 Å². The molecule has 1 aliphatic heterocycles. The van der Waals surface area contributed by atoms with Gasteiger partial charge in [-0.05, 0) is 36.4 Å². The van der Waals surface area contributed by atoms with Crippen molar-refractivity contribution in [1.29, 1.82) is 0 Å². The van der Waals surface area contributed by atoms with Gasteiger partial charge in [-0.1, -0.05) is 18.2 Å². The number of nitrogens with zero attached hydrogens (tertiary/aromatic N) is 2. The molecule has 3 rings (SSSR count). The third-order valence-corrected chi connectivity index (χ3v) is 4.57. The standard InChI is InChI=1S/C21H24N2O3/c1-25-19-10-8-18(9-11-19)22-13-15-23(16-14-22)21(24)12-7-17-5-3-4-6-20(17)26-2/h3-12H,13-16H2,1-2H3/b12-7+. The zero-order chi connectivity index (χ0) is 18.4. The molecule has 1 aliphatic rings. The van der Waals surface area contributed by atoms with Crippen LogP contribution in [0.4, 0.5) is 5.69 Å². The van der Waals surface area contributed by atoms with E-state index in [2.05, 4.69) is 17.0 Å². The zero-order valence-electron chi connectivity index (χ0n) is 15.2. The predicted molar refractivity (Wildman–Crippen MR) is 104 cm³/mol. The Kier molecular flexibility index (Phi) is 5.79. The third-order valence-electron chi connectivity index (χ3n) is 4.57. The first-order chi connectivity index (χ1) is 12.7. The molecule has 1 saturated heterocycles. The fraction of sp³-hybridized carbons (Fsp3) is 0.286. The van der Waals surface area contributed by atoms with Gasteiger partial charge in [0.1, 0.15) is 11.5 Å². The van der Waals surface area contributed by atoms with E-state index in [1.807, 2.05) is 47.4 Å². The van der Waals surface area contributed by atoms with Crippen molar-refractivity contribution in [3.8, 4) is 11.5 Å². The average Bonchev–Trinajstić information content (AvgIpc) is 2.72. The molecule has 1 amide bonds. The number of para-hydroxylation sites is 1. The molecule has 0 N–H and O–H groups in total. The number of hydrogen-bond donors (Lipinski definition) is 0. The van der Waals surface area contributed by atoms with Crippen LogP contribution in [0.1, 0.15) is 5.56 Å². The van der Waals surface area contributed by atoms with Crippen molar-refractivity contribution in [3.63, 3.8) is 0 Å². The minimum atomic E-state index is 0.0327. The maximum Gasteiger partial charge on any atom is 0.246 e. The molecule has 0 unspecified atom stereocenters. The van der Waals surface area contributed by atoms with E-state index in [-0.39, 0.29) is 5.91 Å². The number of benzene rings is 2. The molecular formula is C21H24N2O3. The van der Waals surface area contributed by atoms with E-state index in [4.69, 9.17) is 9.47 Å². The van der Waals surface area contributed by atoms with E-state index >= 15 is 0 Å². The van der Waals surface area contributed by atoms with Crippen LogP contribution >= 0.6 is 0 Å². The summed E-state index contributed by atoms with van der Waals surface area (Å²) in [5, 5.41) is 0. The monoisotopic (exact) mass is 352 g/mol. The predicted octanol–water partition coefficient (Wildman–Crippen LogP) is 3.07. The highest BCUT2D eigenvalue weighted by Gasteiger charge is 2.19. The number of carbonyl (C=O) groups excluding carboxylic acids is 1. The van der Waals surface area contributed by atoms with Crippen molar-refractivity contribution < 1.29 is 14.3 Å². The van der Waals surface area contributed by atoms with Crippen molar-refractivity contribution in [1.82, 2.24) is 4.90 Å². The summed E-state index contributed by atoms with van der Waals surface area (Å²) in [4.78, 5) is 16.6. The fourth-order valence-electron chi connectivity index (χ4n) is 3.05. The summed E-state index contributed by atoms with van der Waals surface area (Å²) in [7, 11) is 3.30. The molecule has 0 aliphatic carbocycles. The Morgan fingerprint density at radius 1 is 0.923 bits per heavy atom. The number of anilines is 1. The van der Waals surface area contributed by atoms with Crippen LogP contribution in [0.2, 0.25) is 0 Å². The summed E-state index contributed by atoms with van der Waals surface area (Å²) in [6, 6.07) is 15.7. The van der Waals surface area contributed by atoms with Crippen LogP contribution in [0.3, 0.4) is 0 Å². The van der Waals surface area contributed by atoms with Crippen molar-refractivity contribution in [2.45, 2.75) is 0 Å². The van der Waals surface area contributed by atoms with Gasteiger partial charge in [0.05, 0.1) is 14.2 Å². The molecule has 136 valence electrons. The van der Waals surface area contributed by atoms with Gasteiger partial charge in [-0.15, -0.1) is 0 Å². The van der Waals surface area contributed by atoms with E-state index in [1.54, 1.807) is 20.3 Å². The lowest BCUT2D eigenvalue weighted by Gasteiger charge is -2.35. The highest BCUT2D eigenvalue weighted by atomic mass is 16.5. The highest BCUT2D eigenvalue weighted by Crippen LogP contribution is 2.21. The number of piperazine rings is 1. The number of ether oxygens (including phenoxy) is 2. The lowest BCUT2D eigenvalue weighted by Crippen LogP contribution is -2.48. The summed E-state index contributed by atoms with van der Waals surface area (Å²) >= 11 is 0. The molecule has 0 atom stereocenters. The second-order valence-electron chi connectivity index (χ2n) is 6.09. The number of amides is 1. The Bertz CT molecular complexity index is 763. The second-order valence-corrected chi connectivity index (χ2v) is 6.09. The maximum absolute atomic E-state index is 12.5. The van der Waals surface area contributed by atoms with Gasteiger partial charge >= 0.3 is 0 Å². The third kappa shape index (κ3) is 4.17. The van der Waals surface area contributed by atoms with Gasteiger partial charge in [-0.3, -0.25) is 4.79 Å². The van der Waals surface area contributed by atoms with Gasteiger partial charge in [0.25, 0.3) is 0 Å². The van der Waals surface area contributed by atoms with Gasteiger partial charge in [0, 0.05) is 43.5 Å². The van der Waals surface area contributed by atoms with Crippen LogP contribution in [-0.2, 0) is 4.79 Å². The molecule has 2 aromatic carbocycles. The zero-order valence-corrected chi connectivity index (χ0v) is 15.2. The summed E-state index contributed by atoms with van der Waals surface area (Å²) in [6.45, 7) is 3.06. The first-order valence-corrected chi connectivity index (χ1v) is 8.70. The molecule has 5 heteroatoms. The molecule has 2 aromatic rings. The van der Waals surface area contributed by atoms with Crippen LogP contribution < -0.4 is 14.4 Å². The molecule has 1 heterocycles. The van der Waals surface area contributed by atoms with Gasteiger partial charge in [-0.2, -0.15) is 0 Å². The lowest BCUT2D eigenvalue weighted by molar-refractivity contribution is -0.126. The highest BCUT2D eigenvalue weighted by molar-refractivity contribution is 5.92. The fourth-order valence-corrected chi connectivity index (χ4v) is 3.05. The van der Waals surface area contributed by atoms with Gasteiger partial charge in [-0.25, -0.2) is 0 Å². The minimum Gasteiger partial charge on any atom is -0.497 e. The molecule has 5 nitrogen and oxygen atoms in total. The smallest absolute Gasteiger partial charge is 0.246 e. The largest absolute Gasteiger partial charge is 0.497 e. The van der Waals surface area contributed by atoms with E-state index in [0.29, 0.717) is 13.1 Å². The van der Waals surface area contributed by atoms with Crippen molar-refractivity contribution in [3.05, 3.63) is 60.2 Å². The SMILES string of the molecule is COc1ccc(N2CCN(C(=O)/C=C/c3ccccc3OC)CC2)cc1. The summed E-state index contributed by atoms with van der Waals surface area (Å²) in [5.41, 5.74) is 2.06. The Balaban J connectivity index is 1.57. The Morgan fingerprint density at radius 2 is 1.62 bits per heavy atom. The van der Waals surface area contributed by atoms with E-state index < -0.39 is 0 Å². The topological polar surface area (TPSA) is 42.0 Å². The van der Waals surface area contributed by atoms with E-state index in [0.717, 1.165) is 35.8 Å². The number of hydrogen-bond acceptors (Lipinski definition) is 4. The molecule has 0 radical (unpaired) electrons. The Labute approximate surface area is 154 Å².